The quantitative estimate of drug-likeness (QED) is 0.508. The Balaban J connectivity index is 1.59. The summed E-state index contributed by atoms with van der Waals surface area (Å²) in [5.41, 5.74) is 1.80. The van der Waals surface area contributed by atoms with Crippen molar-refractivity contribution in [2.24, 2.45) is 0 Å². The monoisotopic (exact) mass is 393 g/mol. The molecular weight excluding hydrogens is 377 g/mol. The molecule has 4 aromatic rings. The first-order chi connectivity index (χ1) is 14.0. The van der Waals surface area contributed by atoms with E-state index >= 15 is 0 Å². The van der Waals surface area contributed by atoms with Crippen LogP contribution in [0, 0.1) is 5.82 Å². The van der Waals surface area contributed by atoms with Crippen LogP contribution < -0.4 is 5.56 Å². The van der Waals surface area contributed by atoms with Crippen LogP contribution in [-0.4, -0.2) is 25.7 Å². The topological polar surface area (TPSA) is 96.7 Å². The van der Waals surface area contributed by atoms with Gasteiger partial charge in [0.25, 0.3) is 5.56 Å². The lowest BCUT2D eigenvalue weighted by molar-refractivity contribution is 0.0461. The van der Waals surface area contributed by atoms with E-state index in [9.17, 15) is 14.0 Å². The van der Waals surface area contributed by atoms with E-state index in [0.29, 0.717) is 11.3 Å². The number of hydrogen-bond donors (Lipinski definition) is 2. The van der Waals surface area contributed by atoms with E-state index in [1.165, 1.54) is 30.3 Å². The summed E-state index contributed by atoms with van der Waals surface area (Å²) in [6, 6.07) is 16.0. The number of esters is 1. The number of carbonyl (C=O) groups excluding carboxylic acids is 1. The summed E-state index contributed by atoms with van der Waals surface area (Å²) >= 11 is 0. The van der Waals surface area contributed by atoms with Crippen molar-refractivity contribution in [3.8, 4) is 11.3 Å². The average molecular weight is 393 g/mol. The second-order valence-corrected chi connectivity index (χ2v) is 6.37. The maximum absolute atomic E-state index is 13.8. The molecule has 0 aliphatic rings. The molecule has 0 fully saturated rings. The van der Waals surface area contributed by atoms with Gasteiger partial charge in [0.2, 0.25) is 0 Å². The number of halogens is 1. The molecule has 2 aromatic carbocycles. The van der Waals surface area contributed by atoms with Gasteiger partial charge in [-0.25, -0.2) is 18.7 Å². The second kappa shape index (κ2) is 7.69. The van der Waals surface area contributed by atoms with Crippen LogP contribution in [0.25, 0.3) is 16.9 Å². The summed E-state index contributed by atoms with van der Waals surface area (Å²) < 4.78 is 20.1. The zero-order valence-electron chi connectivity index (χ0n) is 15.1. The molecule has 4 rings (SSSR count). The Bertz CT molecular complexity index is 1250. The number of aromatic amines is 1. The first-order valence-corrected chi connectivity index (χ1v) is 8.78. The third-order valence-corrected chi connectivity index (χ3v) is 4.39. The number of aliphatic hydroxyl groups excluding tert-OH is 1. The van der Waals surface area contributed by atoms with Crippen LogP contribution in [0.5, 0.6) is 0 Å². The van der Waals surface area contributed by atoms with E-state index in [0.717, 1.165) is 10.1 Å². The summed E-state index contributed by atoms with van der Waals surface area (Å²) in [6.45, 7) is -0.562. The van der Waals surface area contributed by atoms with Crippen LogP contribution in [0.4, 0.5) is 4.39 Å². The number of aromatic nitrogens is 3. The third-order valence-electron chi connectivity index (χ3n) is 4.39. The van der Waals surface area contributed by atoms with Crippen LogP contribution in [0.1, 0.15) is 21.6 Å². The summed E-state index contributed by atoms with van der Waals surface area (Å²) in [7, 11) is 0. The van der Waals surface area contributed by atoms with Crippen molar-refractivity contribution in [2.75, 3.05) is 0 Å². The van der Waals surface area contributed by atoms with Gasteiger partial charge in [0.15, 0.2) is 5.65 Å². The summed E-state index contributed by atoms with van der Waals surface area (Å²) in [5.74, 6) is -1.30. The molecule has 0 aliphatic heterocycles. The Morgan fingerprint density at radius 2 is 1.93 bits per heavy atom. The van der Waals surface area contributed by atoms with Crippen molar-refractivity contribution in [3.63, 3.8) is 0 Å². The van der Waals surface area contributed by atoms with Gasteiger partial charge in [-0.3, -0.25) is 9.89 Å². The van der Waals surface area contributed by atoms with Gasteiger partial charge in [-0.05, 0) is 17.7 Å². The molecule has 0 spiro atoms. The molecule has 0 amide bonds. The molecule has 7 nitrogen and oxygen atoms in total. The zero-order valence-corrected chi connectivity index (χ0v) is 15.1. The summed E-state index contributed by atoms with van der Waals surface area (Å²) in [5, 5.41) is 11.8. The maximum atomic E-state index is 13.8. The van der Waals surface area contributed by atoms with Crippen molar-refractivity contribution in [1.29, 1.82) is 0 Å². The van der Waals surface area contributed by atoms with E-state index in [1.807, 2.05) is 30.3 Å². The first kappa shape index (κ1) is 18.6. The van der Waals surface area contributed by atoms with Crippen LogP contribution in [-0.2, 0) is 18.0 Å². The molecular formula is C21H16FN3O4. The van der Waals surface area contributed by atoms with Crippen LogP contribution >= 0.6 is 0 Å². The molecule has 146 valence electrons. The van der Waals surface area contributed by atoms with Gasteiger partial charge in [-0.15, -0.1) is 0 Å². The number of hydrogen-bond acceptors (Lipinski definition) is 5. The van der Waals surface area contributed by atoms with Gasteiger partial charge in [-0.1, -0.05) is 36.4 Å². The van der Waals surface area contributed by atoms with Gasteiger partial charge in [-0.2, -0.15) is 0 Å². The maximum Gasteiger partial charge on any atom is 0.356 e. The highest BCUT2D eigenvalue weighted by molar-refractivity contribution is 5.88. The molecule has 0 saturated heterocycles. The number of rotatable bonds is 5. The minimum absolute atomic E-state index is 0.0125. The van der Waals surface area contributed by atoms with Crippen molar-refractivity contribution < 1.29 is 19.0 Å². The molecule has 0 radical (unpaired) electrons. The average Bonchev–Trinajstić information content (AvgIpc) is 3.18. The predicted molar refractivity (Wildman–Crippen MR) is 103 cm³/mol. The number of nitrogens with zero attached hydrogens (tertiary/aromatic N) is 2. The predicted octanol–water partition coefficient (Wildman–Crippen LogP) is 2.68. The van der Waals surface area contributed by atoms with E-state index in [2.05, 4.69) is 10.1 Å². The minimum atomic E-state index is -0.759. The molecule has 0 atom stereocenters. The van der Waals surface area contributed by atoms with Crippen molar-refractivity contribution >= 4 is 11.6 Å². The highest BCUT2D eigenvalue weighted by atomic mass is 19.1. The fraction of sp³-hybridized carbons (Fsp3) is 0.0952. The lowest BCUT2D eigenvalue weighted by atomic mass is 10.1. The van der Waals surface area contributed by atoms with E-state index in [-0.39, 0.29) is 35.7 Å². The number of nitrogens with one attached hydrogen (secondary N) is 1. The van der Waals surface area contributed by atoms with Crippen molar-refractivity contribution in [1.82, 2.24) is 14.6 Å². The highest BCUT2D eigenvalue weighted by Crippen LogP contribution is 2.17. The molecule has 2 aromatic heterocycles. The molecule has 0 aliphatic carbocycles. The highest BCUT2D eigenvalue weighted by Gasteiger charge is 2.15. The fourth-order valence-corrected chi connectivity index (χ4v) is 2.91. The van der Waals surface area contributed by atoms with Crippen molar-refractivity contribution in [2.45, 2.75) is 13.2 Å². The molecule has 0 bridgehead atoms. The van der Waals surface area contributed by atoms with Crippen LogP contribution in [0.3, 0.4) is 0 Å². The standard InChI is InChI=1S/C21H16FN3O4/c22-16-7-6-13(11-26)8-15(16)12-29-21(28)18-9-19-23-17(10-20(27)25(19)24-18)14-4-2-1-3-5-14/h1-10,24,26H,11-12H2. The second-order valence-electron chi connectivity index (χ2n) is 6.37. The lowest BCUT2D eigenvalue weighted by Gasteiger charge is -2.06. The molecule has 0 unspecified atom stereocenters. The summed E-state index contributed by atoms with van der Waals surface area (Å²) in [4.78, 5) is 29.1. The SMILES string of the molecule is O=C(OCc1cc(CO)ccc1F)c1cc2nc(-c3ccccc3)cc(=O)n2[nH]1. The van der Waals surface area contributed by atoms with Crippen LogP contribution in [0.2, 0.25) is 0 Å². The normalized spacial score (nSPS) is 11.0. The third kappa shape index (κ3) is 3.78. The number of fused-ring (bicyclic) bond motifs is 1. The van der Waals surface area contributed by atoms with Gasteiger partial charge in [0, 0.05) is 23.3 Å². The number of ether oxygens (including phenoxy) is 1. The Morgan fingerprint density at radius 1 is 1.14 bits per heavy atom. The molecule has 2 N–H and O–H groups in total. The minimum Gasteiger partial charge on any atom is -0.456 e. The van der Waals surface area contributed by atoms with Gasteiger partial charge < -0.3 is 9.84 Å². The van der Waals surface area contributed by atoms with E-state index in [4.69, 9.17) is 9.84 Å². The first-order valence-electron chi connectivity index (χ1n) is 8.78. The van der Waals surface area contributed by atoms with E-state index < -0.39 is 11.8 Å². The van der Waals surface area contributed by atoms with Crippen molar-refractivity contribution in [3.05, 3.63) is 93.7 Å². The number of H-pyrrole nitrogens is 1. The molecule has 8 heteroatoms. The molecule has 0 saturated carbocycles. The van der Waals surface area contributed by atoms with E-state index in [1.54, 1.807) is 0 Å². The smallest absolute Gasteiger partial charge is 0.356 e. The number of benzene rings is 2. The summed E-state index contributed by atoms with van der Waals surface area (Å²) in [6.07, 6.45) is 0. The van der Waals surface area contributed by atoms with Crippen LogP contribution in [0.15, 0.2) is 65.5 Å². The van der Waals surface area contributed by atoms with Gasteiger partial charge >= 0.3 is 5.97 Å². The van der Waals surface area contributed by atoms with Gasteiger partial charge in [0.1, 0.15) is 18.1 Å². The van der Waals surface area contributed by atoms with Gasteiger partial charge in [0.05, 0.1) is 12.3 Å². The number of aliphatic hydroxyl groups is 1. The fourth-order valence-electron chi connectivity index (χ4n) is 2.91. The Kier molecular flexibility index (Phi) is 4.92. The Labute approximate surface area is 164 Å². The number of carbonyl (C=O) groups is 1. The lowest BCUT2D eigenvalue weighted by Crippen LogP contribution is -2.15. The zero-order chi connectivity index (χ0) is 20.4. The largest absolute Gasteiger partial charge is 0.456 e. The Hall–Kier alpha value is -3.78. The molecule has 29 heavy (non-hydrogen) atoms. The Morgan fingerprint density at radius 3 is 2.69 bits per heavy atom. The molecule has 2 heterocycles.